The maximum Gasteiger partial charge on any atom is 0.573 e. The molecule has 0 aliphatic heterocycles. The lowest BCUT2D eigenvalue weighted by atomic mass is 10.2. The number of nitrogens with one attached hydrogen (secondary N) is 1. The number of nitrogens with zero attached hydrogens (tertiary/aromatic N) is 3. The van der Waals surface area contributed by atoms with Crippen LogP contribution in [-0.4, -0.2) is 35.7 Å². The number of aromatic nitrogens is 3. The predicted molar refractivity (Wildman–Crippen MR) is 104 cm³/mol. The van der Waals surface area contributed by atoms with Gasteiger partial charge in [0.05, 0.1) is 21.4 Å². The average molecular weight is 495 g/mol. The lowest BCUT2D eigenvalue weighted by Gasteiger charge is -2.11. The molecule has 2 aromatic carbocycles. The molecule has 31 heavy (non-hydrogen) atoms. The van der Waals surface area contributed by atoms with Crippen LogP contribution in [0.1, 0.15) is 16.2 Å². The van der Waals surface area contributed by atoms with Crippen molar-refractivity contribution in [3.63, 3.8) is 0 Å². The summed E-state index contributed by atoms with van der Waals surface area (Å²) in [4.78, 5) is 12.2. The molecule has 0 aliphatic carbocycles. The molecule has 0 radical (unpaired) electrons. The third-order valence-corrected chi connectivity index (χ3v) is 5.98. The molecule has 0 saturated heterocycles. The van der Waals surface area contributed by atoms with Crippen LogP contribution in [-0.2, 0) is 10.0 Å². The van der Waals surface area contributed by atoms with E-state index in [1.807, 2.05) is 4.72 Å². The second-order valence-corrected chi connectivity index (χ2v) is 8.43. The Hall–Kier alpha value is -2.83. The van der Waals surface area contributed by atoms with Gasteiger partial charge in [0, 0.05) is 6.07 Å². The van der Waals surface area contributed by atoms with Crippen molar-refractivity contribution in [1.82, 2.24) is 19.7 Å². The number of rotatable bonds is 5. The van der Waals surface area contributed by atoms with Gasteiger partial charge in [0.1, 0.15) is 10.6 Å². The molecule has 1 N–H and O–H groups in total. The van der Waals surface area contributed by atoms with Crippen molar-refractivity contribution in [3.8, 4) is 11.4 Å². The summed E-state index contributed by atoms with van der Waals surface area (Å²) in [7, 11) is -4.30. The van der Waals surface area contributed by atoms with E-state index >= 15 is 0 Å². The highest BCUT2D eigenvalue weighted by Gasteiger charge is 2.31. The molecule has 0 spiro atoms. The molecule has 1 aromatic heterocycles. The van der Waals surface area contributed by atoms with Gasteiger partial charge in [0.15, 0.2) is 5.69 Å². The molecule has 8 nitrogen and oxygen atoms in total. The topological polar surface area (TPSA) is 103 Å². The molecular weight excluding hydrogens is 484 g/mol. The van der Waals surface area contributed by atoms with Gasteiger partial charge in [-0.2, -0.15) is 0 Å². The van der Waals surface area contributed by atoms with Crippen molar-refractivity contribution >= 4 is 39.1 Å². The quantitative estimate of drug-likeness (QED) is 0.576. The first-order valence-electron chi connectivity index (χ1n) is 8.19. The number of sulfonamides is 1. The number of carbonyl (C=O) groups is 1. The van der Waals surface area contributed by atoms with E-state index in [1.54, 1.807) is 0 Å². The molecule has 0 saturated carbocycles. The molecule has 1 heterocycles. The molecule has 14 heteroatoms. The summed E-state index contributed by atoms with van der Waals surface area (Å²) < 4.78 is 68.6. The van der Waals surface area contributed by atoms with E-state index in [2.05, 4.69) is 15.0 Å². The van der Waals surface area contributed by atoms with Gasteiger partial charge in [-0.05, 0) is 31.2 Å². The molecule has 0 unspecified atom stereocenters. The largest absolute Gasteiger partial charge is 0.573 e. The summed E-state index contributed by atoms with van der Waals surface area (Å²) in [6.45, 7) is 1.40. The molecule has 3 aromatic rings. The van der Waals surface area contributed by atoms with E-state index < -0.39 is 28.0 Å². The predicted octanol–water partition coefficient (Wildman–Crippen LogP) is 3.90. The van der Waals surface area contributed by atoms with Gasteiger partial charge in [0.2, 0.25) is 0 Å². The van der Waals surface area contributed by atoms with E-state index in [4.69, 9.17) is 23.2 Å². The monoisotopic (exact) mass is 494 g/mol. The van der Waals surface area contributed by atoms with Crippen LogP contribution in [0.4, 0.5) is 13.2 Å². The minimum Gasteiger partial charge on any atom is -0.406 e. The number of amides is 1. The van der Waals surface area contributed by atoms with Crippen molar-refractivity contribution < 1.29 is 31.1 Å². The van der Waals surface area contributed by atoms with E-state index in [0.29, 0.717) is 0 Å². The molecule has 3 rings (SSSR count). The number of carbonyl (C=O) groups excluding carboxylic acids is 1. The van der Waals surface area contributed by atoms with Crippen molar-refractivity contribution in [2.45, 2.75) is 18.2 Å². The lowest BCUT2D eigenvalue weighted by Crippen LogP contribution is -2.31. The lowest BCUT2D eigenvalue weighted by molar-refractivity contribution is -0.274. The zero-order valence-corrected chi connectivity index (χ0v) is 17.6. The molecule has 0 atom stereocenters. The fourth-order valence-electron chi connectivity index (χ4n) is 2.51. The zero-order chi connectivity index (χ0) is 23.0. The van der Waals surface area contributed by atoms with Gasteiger partial charge in [0.25, 0.3) is 15.9 Å². The number of alkyl halides is 3. The minimum atomic E-state index is -4.90. The summed E-state index contributed by atoms with van der Waals surface area (Å²) in [5.74, 6) is -1.64. The van der Waals surface area contributed by atoms with E-state index in [9.17, 15) is 26.4 Å². The first kappa shape index (κ1) is 22.8. The average Bonchev–Trinajstić information content (AvgIpc) is 3.02. The van der Waals surface area contributed by atoms with Gasteiger partial charge in [-0.15, -0.1) is 18.3 Å². The van der Waals surface area contributed by atoms with Crippen LogP contribution in [0.5, 0.6) is 5.75 Å². The number of hydrogen-bond acceptors (Lipinski definition) is 6. The zero-order valence-electron chi connectivity index (χ0n) is 15.3. The Kier molecular flexibility index (Phi) is 6.16. The van der Waals surface area contributed by atoms with Crippen LogP contribution in [0.2, 0.25) is 10.0 Å². The minimum absolute atomic E-state index is 0.0817. The molecule has 0 bridgehead atoms. The van der Waals surface area contributed by atoms with E-state index in [-0.39, 0.29) is 32.0 Å². The highest BCUT2D eigenvalue weighted by molar-refractivity contribution is 7.90. The molecular formula is C17H11Cl2F3N4O4S. The van der Waals surface area contributed by atoms with Crippen LogP contribution >= 0.6 is 23.2 Å². The second-order valence-electron chi connectivity index (χ2n) is 5.96. The van der Waals surface area contributed by atoms with Crippen LogP contribution in [0.3, 0.4) is 0 Å². The van der Waals surface area contributed by atoms with Crippen molar-refractivity contribution in [1.29, 1.82) is 0 Å². The van der Waals surface area contributed by atoms with E-state index in [1.165, 1.54) is 37.3 Å². The van der Waals surface area contributed by atoms with Crippen LogP contribution in [0.25, 0.3) is 5.69 Å². The molecule has 0 aliphatic rings. The fourth-order valence-corrected chi connectivity index (χ4v) is 4.24. The van der Waals surface area contributed by atoms with Crippen molar-refractivity contribution in [2.24, 2.45) is 0 Å². The summed E-state index contributed by atoms with van der Waals surface area (Å²) in [6, 6.07) is 8.59. The maximum absolute atomic E-state index is 12.5. The van der Waals surface area contributed by atoms with Gasteiger partial charge in [-0.25, -0.2) is 17.8 Å². The Balaban J connectivity index is 1.88. The van der Waals surface area contributed by atoms with Gasteiger partial charge in [-0.1, -0.05) is 40.5 Å². The summed E-state index contributed by atoms with van der Waals surface area (Å²) in [5, 5.41) is 7.12. The number of benzene rings is 2. The fraction of sp³-hybridized carbons (Fsp3) is 0.118. The summed E-state index contributed by atoms with van der Waals surface area (Å²) in [5.41, 5.74) is -0.172. The third kappa shape index (κ3) is 5.09. The maximum atomic E-state index is 12.5. The van der Waals surface area contributed by atoms with Gasteiger partial charge < -0.3 is 4.74 Å². The Morgan fingerprint density at radius 3 is 2.42 bits per heavy atom. The highest BCUT2D eigenvalue weighted by atomic mass is 35.5. The third-order valence-electron chi connectivity index (χ3n) is 3.84. The molecule has 0 fully saturated rings. The number of hydrogen-bond donors (Lipinski definition) is 1. The summed E-state index contributed by atoms with van der Waals surface area (Å²) >= 11 is 11.9. The normalized spacial score (nSPS) is 11.9. The van der Waals surface area contributed by atoms with Crippen LogP contribution < -0.4 is 9.46 Å². The summed E-state index contributed by atoms with van der Waals surface area (Å²) in [6.07, 6.45) is -4.90. The molecule has 164 valence electrons. The first-order chi connectivity index (χ1) is 14.4. The Bertz CT molecular complexity index is 1260. The van der Waals surface area contributed by atoms with Crippen molar-refractivity contribution in [2.75, 3.05) is 0 Å². The van der Waals surface area contributed by atoms with Crippen LogP contribution in [0.15, 0.2) is 47.4 Å². The van der Waals surface area contributed by atoms with Crippen molar-refractivity contribution in [3.05, 3.63) is 63.9 Å². The highest BCUT2D eigenvalue weighted by Crippen LogP contribution is 2.30. The SMILES string of the molecule is Cc1c(C(=O)NS(=O)(=O)c2ccccc2Cl)nnn1-c1ccc(OC(F)(F)F)cc1Cl. The first-order valence-corrected chi connectivity index (χ1v) is 10.4. The molecule has 1 amide bonds. The Morgan fingerprint density at radius 2 is 1.81 bits per heavy atom. The number of halogens is 5. The Labute approximate surface area is 183 Å². The van der Waals surface area contributed by atoms with Gasteiger partial charge >= 0.3 is 6.36 Å². The second kappa shape index (κ2) is 8.36. The number of ether oxygens (including phenoxy) is 1. The van der Waals surface area contributed by atoms with Crippen LogP contribution in [0, 0.1) is 6.92 Å². The van der Waals surface area contributed by atoms with E-state index in [0.717, 1.165) is 16.8 Å². The Morgan fingerprint density at radius 1 is 1.13 bits per heavy atom. The standard InChI is InChI=1S/C17H11Cl2F3N4O4S/c1-9-15(16(27)24-31(28,29)14-5-3-2-4-11(14)18)23-25-26(9)13-7-6-10(8-12(13)19)30-17(20,21)22/h2-8H,1H3,(H,24,27). The smallest absolute Gasteiger partial charge is 0.406 e. The van der Waals surface area contributed by atoms with Gasteiger partial charge in [-0.3, -0.25) is 4.79 Å².